The maximum atomic E-state index is 12.0. The summed E-state index contributed by atoms with van der Waals surface area (Å²) < 4.78 is 0. The van der Waals surface area contributed by atoms with Gasteiger partial charge in [-0.2, -0.15) is 0 Å². The highest BCUT2D eigenvalue weighted by Crippen LogP contribution is 2.33. The number of pyridine rings is 3. The number of rotatable bonds is 6. The highest BCUT2D eigenvalue weighted by atomic mass is 16.4. The van der Waals surface area contributed by atoms with E-state index in [9.17, 15) is 29.7 Å². The van der Waals surface area contributed by atoms with Crippen LogP contribution in [0.2, 0.25) is 0 Å². The standard InChI is InChI=1S/C24H15N3O6/c28-22(29)16-7-6-14(19(23(30)31)20(16)24(32)33)13-8-11-26-18(12-13)21-15(4-3-10-27-21)17-5-1-2-9-25-17/h1-12H,(H,28,29)(H,30,31)(H,32,33). The van der Waals surface area contributed by atoms with Crippen LogP contribution in [0.25, 0.3) is 33.8 Å². The van der Waals surface area contributed by atoms with Crippen molar-refractivity contribution < 1.29 is 29.7 Å². The van der Waals surface area contributed by atoms with E-state index in [1.54, 1.807) is 30.6 Å². The maximum absolute atomic E-state index is 12.0. The van der Waals surface area contributed by atoms with Gasteiger partial charge in [0.15, 0.2) is 0 Å². The molecule has 33 heavy (non-hydrogen) atoms. The number of hydrogen-bond acceptors (Lipinski definition) is 6. The third-order valence-corrected chi connectivity index (χ3v) is 4.93. The molecule has 0 fully saturated rings. The normalized spacial score (nSPS) is 10.5. The van der Waals surface area contributed by atoms with Crippen molar-refractivity contribution in [3.05, 3.63) is 89.9 Å². The molecule has 0 atom stereocenters. The zero-order chi connectivity index (χ0) is 23.5. The predicted octanol–water partition coefficient (Wildman–Crippen LogP) is 3.97. The number of carboxylic acid groups (broad SMARTS) is 3. The SMILES string of the molecule is O=C(O)c1ccc(-c2ccnc(-c3ncccc3-c3ccccn3)c2)c(C(=O)O)c1C(=O)O. The molecule has 0 bridgehead atoms. The lowest BCUT2D eigenvalue weighted by molar-refractivity contribution is 0.0633. The second kappa shape index (κ2) is 8.67. The molecule has 3 heterocycles. The summed E-state index contributed by atoms with van der Waals surface area (Å²) in [6, 6.07) is 14.5. The van der Waals surface area contributed by atoms with Crippen LogP contribution in [0.5, 0.6) is 0 Å². The van der Waals surface area contributed by atoms with Gasteiger partial charge in [0.2, 0.25) is 0 Å². The largest absolute Gasteiger partial charge is 0.478 e. The molecule has 0 spiro atoms. The molecule has 4 aromatic rings. The van der Waals surface area contributed by atoms with Crippen LogP contribution in [0.3, 0.4) is 0 Å². The Labute approximate surface area is 186 Å². The Balaban J connectivity index is 1.93. The number of nitrogens with zero attached hydrogens (tertiary/aromatic N) is 3. The van der Waals surface area contributed by atoms with Gasteiger partial charge in [-0.05, 0) is 53.6 Å². The van der Waals surface area contributed by atoms with Crippen LogP contribution < -0.4 is 0 Å². The summed E-state index contributed by atoms with van der Waals surface area (Å²) in [6.07, 6.45) is 4.67. The summed E-state index contributed by atoms with van der Waals surface area (Å²) in [5, 5.41) is 28.6. The van der Waals surface area contributed by atoms with Crippen molar-refractivity contribution >= 4 is 17.9 Å². The van der Waals surface area contributed by atoms with Crippen molar-refractivity contribution in [2.75, 3.05) is 0 Å². The number of aromatic nitrogens is 3. The molecule has 1 aromatic carbocycles. The topological polar surface area (TPSA) is 151 Å². The predicted molar refractivity (Wildman–Crippen MR) is 117 cm³/mol. The lowest BCUT2D eigenvalue weighted by atomic mass is 9.91. The van der Waals surface area contributed by atoms with Gasteiger partial charge in [-0.25, -0.2) is 14.4 Å². The Hall–Kier alpha value is -4.92. The highest BCUT2D eigenvalue weighted by molar-refractivity contribution is 6.12. The molecule has 3 N–H and O–H groups in total. The number of carbonyl (C=O) groups is 3. The van der Waals surface area contributed by atoms with Crippen molar-refractivity contribution in [2.45, 2.75) is 0 Å². The Bertz CT molecular complexity index is 1400. The van der Waals surface area contributed by atoms with Crippen LogP contribution >= 0.6 is 0 Å². The van der Waals surface area contributed by atoms with E-state index in [1.807, 2.05) is 18.2 Å². The van der Waals surface area contributed by atoms with Crippen molar-refractivity contribution in [1.29, 1.82) is 0 Å². The molecule has 0 saturated carbocycles. The van der Waals surface area contributed by atoms with Crippen molar-refractivity contribution in [1.82, 2.24) is 15.0 Å². The fourth-order valence-electron chi connectivity index (χ4n) is 3.53. The minimum atomic E-state index is -1.65. The van der Waals surface area contributed by atoms with Gasteiger partial charge in [-0.15, -0.1) is 0 Å². The summed E-state index contributed by atoms with van der Waals surface area (Å²) >= 11 is 0. The van der Waals surface area contributed by atoms with Gasteiger partial charge in [0.1, 0.15) is 0 Å². The van der Waals surface area contributed by atoms with Gasteiger partial charge in [0, 0.05) is 24.2 Å². The monoisotopic (exact) mass is 441 g/mol. The fourth-order valence-corrected chi connectivity index (χ4v) is 3.53. The Morgan fingerprint density at radius 1 is 0.606 bits per heavy atom. The van der Waals surface area contributed by atoms with Gasteiger partial charge in [-0.1, -0.05) is 12.1 Å². The first kappa shape index (κ1) is 21.3. The van der Waals surface area contributed by atoms with E-state index in [2.05, 4.69) is 15.0 Å². The van der Waals surface area contributed by atoms with Crippen molar-refractivity contribution in [3.63, 3.8) is 0 Å². The molecule has 0 amide bonds. The van der Waals surface area contributed by atoms with E-state index in [1.165, 1.54) is 18.3 Å². The number of benzene rings is 1. The zero-order valence-electron chi connectivity index (χ0n) is 16.8. The zero-order valence-corrected chi connectivity index (χ0v) is 16.8. The quantitative estimate of drug-likeness (QED) is 0.404. The summed E-state index contributed by atoms with van der Waals surface area (Å²) in [6.45, 7) is 0. The Morgan fingerprint density at radius 2 is 1.33 bits per heavy atom. The molecule has 0 aliphatic heterocycles. The van der Waals surface area contributed by atoms with Gasteiger partial charge in [0.05, 0.1) is 33.8 Å². The number of hydrogen-bond donors (Lipinski definition) is 3. The molecule has 4 rings (SSSR count). The molecule has 9 nitrogen and oxygen atoms in total. The molecule has 9 heteroatoms. The van der Waals surface area contributed by atoms with Gasteiger partial charge < -0.3 is 15.3 Å². The summed E-state index contributed by atoms with van der Waals surface area (Å²) in [5.74, 6) is -4.75. The molecular formula is C24H15N3O6. The second-order valence-corrected chi connectivity index (χ2v) is 6.87. The van der Waals surface area contributed by atoms with Gasteiger partial charge >= 0.3 is 17.9 Å². The van der Waals surface area contributed by atoms with Crippen LogP contribution in [-0.4, -0.2) is 48.2 Å². The van der Waals surface area contributed by atoms with Gasteiger partial charge in [-0.3, -0.25) is 15.0 Å². The first-order chi connectivity index (χ1) is 15.9. The second-order valence-electron chi connectivity index (χ2n) is 6.87. The molecule has 0 aliphatic rings. The highest BCUT2D eigenvalue weighted by Gasteiger charge is 2.27. The van der Waals surface area contributed by atoms with Crippen LogP contribution in [0.4, 0.5) is 0 Å². The number of carboxylic acids is 3. The third kappa shape index (κ3) is 4.02. The van der Waals surface area contributed by atoms with Crippen LogP contribution in [-0.2, 0) is 0 Å². The Morgan fingerprint density at radius 3 is 2.00 bits per heavy atom. The minimum Gasteiger partial charge on any atom is -0.478 e. The Kier molecular flexibility index (Phi) is 5.60. The molecule has 3 aromatic heterocycles. The third-order valence-electron chi connectivity index (χ3n) is 4.93. The minimum absolute atomic E-state index is 0.0452. The first-order valence-corrected chi connectivity index (χ1v) is 9.58. The van der Waals surface area contributed by atoms with E-state index in [0.29, 0.717) is 28.2 Å². The van der Waals surface area contributed by atoms with E-state index >= 15 is 0 Å². The lowest BCUT2D eigenvalue weighted by Crippen LogP contribution is -2.16. The first-order valence-electron chi connectivity index (χ1n) is 9.58. The van der Waals surface area contributed by atoms with Crippen LogP contribution in [0, 0.1) is 0 Å². The average molecular weight is 441 g/mol. The van der Waals surface area contributed by atoms with E-state index in [-0.39, 0.29) is 5.56 Å². The summed E-state index contributed by atoms with van der Waals surface area (Å²) in [5.41, 5.74) is 0.633. The summed E-state index contributed by atoms with van der Waals surface area (Å²) in [4.78, 5) is 48.4. The van der Waals surface area contributed by atoms with Crippen LogP contribution in [0.1, 0.15) is 31.1 Å². The molecule has 0 radical (unpaired) electrons. The van der Waals surface area contributed by atoms with E-state index in [0.717, 1.165) is 6.07 Å². The molecular weight excluding hydrogens is 426 g/mol. The fraction of sp³-hybridized carbons (Fsp3) is 0. The molecule has 0 saturated heterocycles. The van der Waals surface area contributed by atoms with Crippen molar-refractivity contribution in [2.24, 2.45) is 0 Å². The smallest absolute Gasteiger partial charge is 0.337 e. The summed E-state index contributed by atoms with van der Waals surface area (Å²) in [7, 11) is 0. The van der Waals surface area contributed by atoms with E-state index in [4.69, 9.17) is 0 Å². The molecule has 162 valence electrons. The molecule has 0 aliphatic carbocycles. The van der Waals surface area contributed by atoms with E-state index < -0.39 is 34.6 Å². The maximum Gasteiger partial charge on any atom is 0.337 e. The average Bonchev–Trinajstić information content (AvgIpc) is 2.83. The van der Waals surface area contributed by atoms with Crippen LogP contribution in [0.15, 0.2) is 73.2 Å². The lowest BCUT2D eigenvalue weighted by Gasteiger charge is -2.13. The number of aromatic carboxylic acids is 3. The van der Waals surface area contributed by atoms with Gasteiger partial charge in [0.25, 0.3) is 0 Å². The van der Waals surface area contributed by atoms with Crippen molar-refractivity contribution in [3.8, 4) is 33.8 Å². The molecule has 0 unspecified atom stereocenters.